The summed E-state index contributed by atoms with van der Waals surface area (Å²) in [6.45, 7) is 4.90. The van der Waals surface area contributed by atoms with E-state index < -0.39 is 29.8 Å². The highest BCUT2D eigenvalue weighted by molar-refractivity contribution is 5.26. The topological polar surface area (TPSA) is 94.9 Å². The third kappa shape index (κ3) is 3.01. The van der Waals surface area contributed by atoms with Crippen LogP contribution in [0.2, 0.25) is 0 Å². The molecule has 0 unspecified atom stereocenters. The van der Waals surface area contributed by atoms with Gasteiger partial charge in [-0.15, -0.1) is 0 Å². The van der Waals surface area contributed by atoms with E-state index in [0.717, 1.165) is 11.1 Å². The van der Waals surface area contributed by atoms with Gasteiger partial charge < -0.3 is 23.7 Å². The quantitative estimate of drug-likeness (QED) is 0.442. The molecule has 8 heteroatoms. The fraction of sp³-hybridized carbons (Fsp3) is 0.647. The summed E-state index contributed by atoms with van der Waals surface area (Å²) in [5.41, 5.74) is 11.0. The largest absolute Gasteiger partial charge is 0.370 e. The molecule has 25 heavy (non-hydrogen) atoms. The van der Waals surface area contributed by atoms with Gasteiger partial charge in [-0.05, 0) is 30.5 Å². The second kappa shape index (κ2) is 6.25. The third-order valence-electron chi connectivity index (χ3n) is 4.82. The molecular weight excluding hydrogens is 326 g/mol. The van der Waals surface area contributed by atoms with Crippen molar-refractivity contribution in [1.82, 2.24) is 0 Å². The van der Waals surface area contributed by atoms with Gasteiger partial charge in [-0.3, -0.25) is 0 Å². The van der Waals surface area contributed by atoms with Gasteiger partial charge in [-0.2, -0.15) is 0 Å². The van der Waals surface area contributed by atoms with Gasteiger partial charge in [0.15, 0.2) is 5.79 Å². The molecule has 3 aliphatic heterocycles. The van der Waals surface area contributed by atoms with Crippen LogP contribution in [0.15, 0.2) is 29.4 Å². The Morgan fingerprint density at radius 2 is 1.84 bits per heavy atom. The molecule has 3 heterocycles. The monoisotopic (exact) mass is 347 g/mol. The molecule has 0 saturated carbocycles. The number of hydrogen-bond acceptors (Lipinski definition) is 6. The number of azide groups is 1. The third-order valence-corrected chi connectivity index (χ3v) is 4.82. The molecule has 1 aromatic carbocycles. The van der Waals surface area contributed by atoms with Crippen LogP contribution in [-0.2, 0) is 36.9 Å². The van der Waals surface area contributed by atoms with Crippen molar-refractivity contribution in [3.05, 3.63) is 45.8 Å². The Morgan fingerprint density at radius 3 is 2.48 bits per heavy atom. The molecule has 1 spiro atoms. The first kappa shape index (κ1) is 16.8. The van der Waals surface area contributed by atoms with E-state index in [9.17, 15) is 0 Å². The van der Waals surface area contributed by atoms with Crippen LogP contribution in [0.5, 0.6) is 0 Å². The van der Waals surface area contributed by atoms with Crippen LogP contribution < -0.4 is 0 Å². The van der Waals surface area contributed by atoms with E-state index in [4.69, 9.17) is 29.2 Å². The van der Waals surface area contributed by atoms with Crippen LogP contribution in [0.4, 0.5) is 0 Å². The van der Waals surface area contributed by atoms with Gasteiger partial charge in [0.05, 0.1) is 25.9 Å². The predicted octanol–water partition coefficient (Wildman–Crippen LogP) is 2.66. The highest BCUT2D eigenvalue weighted by atomic mass is 16.8. The normalized spacial score (nSPS) is 36.6. The highest BCUT2D eigenvalue weighted by Gasteiger charge is 2.59. The van der Waals surface area contributed by atoms with E-state index in [1.807, 2.05) is 38.1 Å². The van der Waals surface area contributed by atoms with Gasteiger partial charge in [-0.25, -0.2) is 0 Å². The minimum atomic E-state index is -1.07. The number of hydrogen-bond donors (Lipinski definition) is 0. The Kier molecular flexibility index (Phi) is 4.19. The summed E-state index contributed by atoms with van der Waals surface area (Å²) in [6, 6.07) is 7.47. The Labute approximate surface area is 145 Å². The van der Waals surface area contributed by atoms with Gasteiger partial charge in [0, 0.05) is 4.91 Å². The summed E-state index contributed by atoms with van der Waals surface area (Å²) in [7, 11) is 0. The van der Waals surface area contributed by atoms with Crippen molar-refractivity contribution in [3.63, 3.8) is 0 Å². The molecule has 0 aromatic heterocycles. The van der Waals surface area contributed by atoms with Gasteiger partial charge in [-0.1, -0.05) is 29.4 Å². The molecular formula is C17H21N3O5. The van der Waals surface area contributed by atoms with E-state index in [1.54, 1.807) is 0 Å². The molecule has 0 radical (unpaired) electrons. The number of nitrogens with zero attached hydrogens (tertiary/aromatic N) is 3. The Hall–Kier alpha value is -1.67. The van der Waals surface area contributed by atoms with Gasteiger partial charge >= 0.3 is 0 Å². The number of ether oxygens (including phenoxy) is 5. The zero-order chi connectivity index (χ0) is 17.5. The van der Waals surface area contributed by atoms with Crippen molar-refractivity contribution in [3.8, 4) is 0 Å². The van der Waals surface area contributed by atoms with Crippen molar-refractivity contribution in [2.24, 2.45) is 5.11 Å². The SMILES string of the molecule is CC1(C)OC[C@]2(OC[C@H](N=[N+]=[N-])[C@H]3OCc4ccccc4CO[C@@H]32)O1. The summed E-state index contributed by atoms with van der Waals surface area (Å²) < 4.78 is 30.1. The molecule has 2 saturated heterocycles. The molecule has 4 atom stereocenters. The zero-order valence-electron chi connectivity index (χ0n) is 14.3. The lowest BCUT2D eigenvalue weighted by Gasteiger charge is -2.46. The van der Waals surface area contributed by atoms with Crippen LogP contribution >= 0.6 is 0 Å². The highest BCUT2D eigenvalue weighted by Crippen LogP contribution is 2.42. The number of benzene rings is 1. The maximum Gasteiger partial charge on any atom is 0.224 e. The van der Waals surface area contributed by atoms with Gasteiger partial charge in [0.1, 0.15) is 18.8 Å². The maximum absolute atomic E-state index is 8.88. The lowest BCUT2D eigenvalue weighted by Crippen LogP contribution is -2.64. The van der Waals surface area contributed by atoms with Crippen LogP contribution in [-0.4, -0.2) is 43.0 Å². The number of fused-ring (bicyclic) bond motifs is 3. The van der Waals surface area contributed by atoms with Crippen LogP contribution in [0.3, 0.4) is 0 Å². The first-order valence-corrected chi connectivity index (χ1v) is 8.35. The fourth-order valence-electron chi connectivity index (χ4n) is 3.61. The maximum atomic E-state index is 8.88. The molecule has 0 amide bonds. The van der Waals surface area contributed by atoms with E-state index in [0.29, 0.717) is 13.2 Å². The summed E-state index contributed by atoms with van der Waals surface area (Å²) in [5, 5.41) is 3.84. The average Bonchev–Trinajstić information content (AvgIpc) is 2.88. The Bertz CT molecular complexity index is 705. The molecule has 2 fully saturated rings. The molecule has 0 aliphatic carbocycles. The van der Waals surface area contributed by atoms with Crippen LogP contribution in [0, 0.1) is 0 Å². The van der Waals surface area contributed by atoms with Crippen LogP contribution in [0.25, 0.3) is 10.4 Å². The average molecular weight is 347 g/mol. The Morgan fingerprint density at radius 1 is 1.12 bits per heavy atom. The molecule has 8 nitrogen and oxygen atoms in total. The summed E-state index contributed by atoms with van der Waals surface area (Å²) in [6.07, 6.45) is -1.04. The fourth-order valence-corrected chi connectivity index (χ4v) is 3.61. The second-order valence-corrected chi connectivity index (χ2v) is 6.96. The first-order valence-electron chi connectivity index (χ1n) is 8.35. The number of rotatable bonds is 1. The Balaban J connectivity index is 1.68. The standard InChI is InChI=1S/C17H21N3O5/c1-16(2)24-10-17(25-16)15-14(13(9-23-17)19-20-18)21-7-11-5-3-4-6-12(11)8-22-15/h3-6,13-15H,7-10H2,1-2H3/t13-,14+,15-,17-/m0/s1. The molecule has 1 aromatic rings. The van der Waals surface area contributed by atoms with E-state index in [2.05, 4.69) is 10.0 Å². The molecule has 0 N–H and O–H groups in total. The smallest absolute Gasteiger partial charge is 0.224 e. The minimum Gasteiger partial charge on any atom is -0.370 e. The first-order chi connectivity index (χ1) is 12.0. The minimum absolute atomic E-state index is 0.190. The van der Waals surface area contributed by atoms with Crippen molar-refractivity contribution < 1.29 is 23.7 Å². The van der Waals surface area contributed by atoms with Gasteiger partial charge in [0.25, 0.3) is 0 Å². The van der Waals surface area contributed by atoms with Crippen LogP contribution in [0.1, 0.15) is 25.0 Å². The summed E-state index contributed by atoms with van der Waals surface area (Å²) in [4.78, 5) is 2.93. The van der Waals surface area contributed by atoms with Crippen molar-refractivity contribution >= 4 is 0 Å². The van der Waals surface area contributed by atoms with Gasteiger partial charge in [0.2, 0.25) is 5.79 Å². The molecule has 134 valence electrons. The van der Waals surface area contributed by atoms with Crippen molar-refractivity contribution in [1.29, 1.82) is 0 Å². The second-order valence-electron chi connectivity index (χ2n) is 6.96. The molecule has 3 aliphatic rings. The lowest BCUT2D eigenvalue weighted by molar-refractivity contribution is -0.340. The van der Waals surface area contributed by atoms with Crippen molar-refractivity contribution in [2.75, 3.05) is 13.2 Å². The lowest BCUT2D eigenvalue weighted by atomic mass is 9.94. The summed E-state index contributed by atoms with van der Waals surface area (Å²) in [5.74, 6) is -1.85. The predicted molar refractivity (Wildman–Crippen MR) is 86.3 cm³/mol. The molecule has 0 bridgehead atoms. The van der Waals surface area contributed by atoms with E-state index >= 15 is 0 Å². The molecule has 4 rings (SSSR count). The van der Waals surface area contributed by atoms with E-state index in [1.165, 1.54) is 0 Å². The summed E-state index contributed by atoms with van der Waals surface area (Å²) >= 11 is 0. The zero-order valence-corrected chi connectivity index (χ0v) is 14.3. The van der Waals surface area contributed by atoms with E-state index in [-0.39, 0.29) is 13.2 Å². The van der Waals surface area contributed by atoms with Crippen molar-refractivity contribution in [2.45, 2.75) is 56.9 Å².